The lowest BCUT2D eigenvalue weighted by molar-refractivity contribution is 0.301. The van der Waals surface area contributed by atoms with Gasteiger partial charge in [0, 0.05) is 11.6 Å². The molecule has 0 saturated heterocycles. The minimum absolute atomic E-state index is 0.0679. The third kappa shape index (κ3) is 3.34. The van der Waals surface area contributed by atoms with Gasteiger partial charge in [-0.1, -0.05) is 30.3 Å². The van der Waals surface area contributed by atoms with Gasteiger partial charge in [0.2, 0.25) is 0 Å². The van der Waals surface area contributed by atoms with E-state index in [4.69, 9.17) is 15.7 Å². The molecule has 1 unspecified atom stereocenters. The van der Waals surface area contributed by atoms with Gasteiger partial charge in [0.1, 0.15) is 12.4 Å². The number of hydrogen-bond acceptors (Lipinski definition) is 3. The highest BCUT2D eigenvalue weighted by molar-refractivity contribution is 5.36. The summed E-state index contributed by atoms with van der Waals surface area (Å²) in [6.07, 6.45) is 0. The minimum Gasteiger partial charge on any atom is -0.489 e. The van der Waals surface area contributed by atoms with E-state index in [1.165, 1.54) is 0 Å². The highest BCUT2D eigenvalue weighted by atomic mass is 16.5. The van der Waals surface area contributed by atoms with Crippen LogP contribution in [0.15, 0.2) is 48.5 Å². The van der Waals surface area contributed by atoms with Crippen LogP contribution in [0.3, 0.4) is 0 Å². The Morgan fingerprint density at radius 3 is 2.74 bits per heavy atom. The summed E-state index contributed by atoms with van der Waals surface area (Å²) >= 11 is 0. The highest BCUT2D eigenvalue weighted by Crippen LogP contribution is 2.24. The summed E-state index contributed by atoms with van der Waals surface area (Å²) in [5.41, 5.74) is 8.50. The molecule has 0 amide bonds. The van der Waals surface area contributed by atoms with Crippen molar-refractivity contribution in [3.05, 3.63) is 65.2 Å². The predicted octanol–water partition coefficient (Wildman–Crippen LogP) is 3.16. The van der Waals surface area contributed by atoms with Gasteiger partial charge < -0.3 is 10.5 Å². The minimum atomic E-state index is -0.0679. The Bertz CT molecular complexity index is 600. The largest absolute Gasteiger partial charge is 0.489 e. The molecule has 0 bridgehead atoms. The Hall–Kier alpha value is -2.31. The molecule has 3 nitrogen and oxygen atoms in total. The summed E-state index contributed by atoms with van der Waals surface area (Å²) < 4.78 is 5.79. The molecule has 0 heterocycles. The van der Waals surface area contributed by atoms with E-state index >= 15 is 0 Å². The van der Waals surface area contributed by atoms with Crippen molar-refractivity contribution >= 4 is 0 Å². The fourth-order valence-electron chi connectivity index (χ4n) is 1.88. The standard InChI is InChI=1S/C16H16N2O/c1-12(18)15-7-2-3-8-16(15)19-11-14-6-4-5-13(9-14)10-17/h2-9,12H,11,18H2,1H3. The third-order valence-corrected chi connectivity index (χ3v) is 2.86. The molecule has 2 aromatic carbocycles. The maximum Gasteiger partial charge on any atom is 0.124 e. The van der Waals surface area contributed by atoms with Gasteiger partial charge in [-0.3, -0.25) is 0 Å². The quantitative estimate of drug-likeness (QED) is 0.909. The fraction of sp³-hybridized carbons (Fsp3) is 0.188. The van der Waals surface area contributed by atoms with E-state index in [9.17, 15) is 0 Å². The van der Waals surface area contributed by atoms with Crippen LogP contribution in [-0.4, -0.2) is 0 Å². The first kappa shape index (κ1) is 13.1. The average molecular weight is 252 g/mol. The van der Waals surface area contributed by atoms with Gasteiger partial charge in [0.15, 0.2) is 0 Å². The van der Waals surface area contributed by atoms with Crippen LogP contribution in [0.2, 0.25) is 0 Å². The molecule has 3 heteroatoms. The van der Waals surface area contributed by atoms with Crippen LogP contribution < -0.4 is 10.5 Å². The zero-order chi connectivity index (χ0) is 13.7. The number of nitrogens with zero attached hydrogens (tertiary/aromatic N) is 1. The van der Waals surface area contributed by atoms with Crippen LogP contribution in [0.1, 0.15) is 29.7 Å². The first-order chi connectivity index (χ1) is 9.20. The summed E-state index contributed by atoms with van der Waals surface area (Å²) in [5, 5.41) is 8.86. The second kappa shape index (κ2) is 6.03. The zero-order valence-electron chi connectivity index (χ0n) is 10.8. The van der Waals surface area contributed by atoms with Crippen LogP contribution >= 0.6 is 0 Å². The molecule has 96 valence electrons. The van der Waals surface area contributed by atoms with Crippen molar-refractivity contribution in [1.82, 2.24) is 0 Å². The van der Waals surface area contributed by atoms with Gasteiger partial charge in [-0.05, 0) is 30.7 Å². The number of rotatable bonds is 4. The number of nitriles is 1. The van der Waals surface area contributed by atoms with Crippen LogP contribution in [0.4, 0.5) is 0 Å². The lowest BCUT2D eigenvalue weighted by atomic mass is 10.1. The zero-order valence-corrected chi connectivity index (χ0v) is 10.8. The fourth-order valence-corrected chi connectivity index (χ4v) is 1.88. The van der Waals surface area contributed by atoms with Crippen molar-refractivity contribution in [2.75, 3.05) is 0 Å². The molecule has 2 rings (SSSR count). The van der Waals surface area contributed by atoms with Crippen LogP contribution in [0.5, 0.6) is 5.75 Å². The SMILES string of the molecule is CC(N)c1ccccc1OCc1cccc(C#N)c1. The summed E-state index contributed by atoms with van der Waals surface area (Å²) in [7, 11) is 0. The van der Waals surface area contributed by atoms with Gasteiger partial charge in [0.25, 0.3) is 0 Å². The van der Waals surface area contributed by atoms with Gasteiger partial charge >= 0.3 is 0 Å². The molecule has 19 heavy (non-hydrogen) atoms. The number of hydrogen-bond donors (Lipinski definition) is 1. The van der Waals surface area contributed by atoms with E-state index in [0.29, 0.717) is 12.2 Å². The summed E-state index contributed by atoms with van der Waals surface area (Å²) in [6, 6.07) is 17.2. The highest BCUT2D eigenvalue weighted by Gasteiger charge is 2.07. The van der Waals surface area contributed by atoms with Crippen molar-refractivity contribution < 1.29 is 4.74 Å². The van der Waals surface area contributed by atoms with Crippen LogP contribution in [0, 0.1) is 11.3 Å². The number of ether oxygens (including phenoxy) is 1. The Kier molecular flexibility index (Phi) is 4.17. The topological polar surface area (TPSA) is 59.0 Å². The van der Waals surface area contributed by atoms with Crippen molar-refractivity contribution in [3.63, 3.8) is 0 Å². The Balaban J connectivity index is 2.12. The van der Waals surface area contributed by atoms with Gasteiger partial charge in [0.05, 0.1) is 11.6 Å². The van der Waals surface area contributed by atoms with Crippen LogP contribution in [-0.2, 0) is 6.61 Å². The molecular weight excluding hydrogens is 236 g/mol. The van der Waals surface area contributed by atoms with Crippen LogP contribution in [0.25, 0.3) is 0 Å². The Morgan fingerprint density at radius 2 is 2.00 bits per heavy atom. The van der Waals surface area contributed by atoms with Crippen molar-refractivity contribution in [2.45, 2.75) is 19.6 Å². The van der Waals surface area contributed by atoms with E-state index in [2.05, 4.69) is 6.07 Å². The molecule has 0 aromatic heterocycles. The number of para-hydroxylation sites is 1. The molecular formula is C16H16N2O. The molecule has 1 atom stereocenters. The van der Waals surface area contributed by atoms with Crippen molar-refractivity contribution in [2.24, 2.45) is 5.73 Å². The Morgan fingerprint density at radius 1 is 1.21 bits per heavy atom. The lowest BCUT2D eigenvalue weighted by Crippen LogP contribution is -2.08. The van der Waals surface area contributed by atoms with E-state index in [0.717, 1.165) is 16.9 Å². The summed E-state index contributed by atoms with van der Waals surface area (Å²) in [4.78, 5) is 0. The number of nitrogens with two attached hydrogens (primary N) is 1. The van der Waals surface area contributed by atoms with E-state index in [-0.39, 0.29) is 6.04 Å². The first-order valence-electron chi connectivity index (χ1n) is 6.17. The molecule has 0 fully saturated rings. The monoisotopic (exact) mass is 252 g/mol. The smallest absolute Gasteiger partial charge is 0.124 e. The molecule has 0 aliphatic rings. The lowest BCUT2D eigenvalue weighted by Gasteiger charge is -2.13. The second-order valence-corrected chi connectivity index (χ2v) is 4.43. The molecule has 2 N–H and O–H groups in total. The third-order valence-electron chi connectivity index (χ3n) is 2.86. The van der Waals surface area contributed by atoms with Gasteiger partial charge in [-0.2, -0.15) is 5.26 Å². The van der Waals surface area contributed by atoms with Gasteiger partial charge in [-0.15, -0.1) is 0 Å². The van der Waals surface area contributed by atoms with E-state index in [1.807, 2.05) is 49.4 Å². The average Bonchev–Trinajstić information content (AvgIpc) is 2.45. The molecule has 0 aliphatic heterocycles. The van der Waals surface area contributed by atoms with E-state index < -0.39 is 0 Å². The maximum atomic E-state index is 8.86. The van der Waals surface area contributed by atoms with Crippen molar-refractivity contribution in [1.29, 1.82) is 5.26 Å². The van der Waals surface area contributed by atoms with Gasteiger partial charge in [-0.25, -0.2) is 0 Å². The molecule has 0 saturated carbocycles. The van der Waals surface area contributed by atoms with E-state index in [1.54, 1.807) is 6.07 Å². The second-order valence-electron chi connectivity index (χ2n) is 4.43. The summed E-state index contributed by atoms with van der Waals surface area (Å²) in [6.45, 7) is 2.36. The first-order valence-corrected chi connectivity index (χ1v) is 6.17. The molecule has 0 aliphatic carbocycles. The number of benzene rings is 2. The maximum absolute atomic E-state index is 8.86. The van der Waals surface area contributed by atoms with Crippen molar-refractivity contribution in [3.8, 4) is 11.8 Å². The summed E-state index contributed by atoms with van der Waals surface area (Å²) in [5.74, 6) is 0.792. The molecule has 0 radical (unpaired) electrons. The predicted molar refractivity (Wildman–Crippen MR) is 74.5 cm³/mol. The molecule has 2 aromatic rings. The molecule has 0 spiro atoms. The Labute approximate surface area is 113 Å². The normalized spacial score (nSPS) is 11.6.